The molecular weight excluding hydrogens is 328 g/mol. The fraction of sp³-hybridized carbons (Fsp3) is 0.400. The van der Waals surface area contributed by atoms with Gasteiger partial charge in [0.1, 0.15) is 0 Å². The van der Waals surface area contributed by atoms with E-state index in [9.17, 15) is 9.59 Å². The van der Waals surface area contributed by atoms with Gasteiger partial charge in [0.25, 0.3) is 0 Å². The monoisotopic (exact) mass is 352 g/mol. The molecule has 26 heavy (non-hydrogen) atoms. The van der Waals surface area contributed by atoms with Crippen LogP contribution in [0, 0.1) is 19.8 Å². The molecule has 0 radical (unpaired) electrons. The topological polar surface area (TPSA) is 66.4 Å². The SMILES string of the molecule is Cc1cc(C)nc(CN(C)C(=O)[C@H]2CC(=O)N(Cc3cccnc3)C2)c1. The normalized spacial score (nSPS) is 16.8. The van der Waals surface area contributed by atoms with Gasteiger partial charge < -0.3 is 9.80 Å². The average Bonchev–Trinajstić information content (AvgIpc) is 2.95. The Kier molecular flexibility index (Phi) is 5.30. The Balaban J connectivity index is 1.61. The first-order valence-corrected chi connectivity index (χ1v) is 8.78. The maximum atomic E-state index is 12.8. The van der Waals surface area contributed by atoms with E-state index >= 15 is 0 Å². The minimum Gasteiger partial charge on any atom is -0.340 e. The Bertz CT molecular complexity index is 786. The molecule has 1 fully saturated rings. The van der Waals surface area contributed by atoms with Crippen LogP contribution in [0.5, 0.6) is 0 Å². The highest BCUT2D eigenvalue weighted by atomic mass is 16.2. The van der Waals surface area contributed by atoms with Gasteiger partial charge in [0.2, 0.25) is 11.8 Å². The molecule has 1 aliphatic rings. The van der Waals surface area contributed by atoms with E-state index in [0.29, 0.717) is 19.6 Å². The number of amides is 2. The summed E-state index contributed by atoms with van der Waals surface area (Å²) >= 11 is 0. The van der Waals surface area contributed by atoms with Gasteiger partial charge in [-0.15, -0.1) is 0 Å². The van der Waals surface area contributed by atoms with Crippen molar-refractivity contribution in [3.8, 4) is 0 Å². The van der Waals surface area contributed by atoms with Gasteiger partial charge in [0.15, 0.2) is 0 Å². The van der Waals surface area contributed by atoms with E-state index in [2.05, 4.69) is 9.97 Å². The van der Waals surface area contributed by atoms with Crippen molar-refractivity contribution in [3.05, 3.63) is 59.2 Å². The highest BCUT2D eigenvalue weighted by molar-refractivity contribution is 5.89. The summed E-state index contributed by atoms with van der Waals surface area (Å²) in [6.07, 6.45) is 3.72. The molecule has 1 aliphatic heterocycles. The molecular formula is C20H24N4O2. The molecule has 1 atom stereocenters. The highest BCUT2D eigenvalue weighted by Crippen LogP contribution is 2.22. The summed E-state index contributed by atoms with van der Waals surface area (Å²) in [7, 11) is 1.77. The lowest BCUT2D eigenvalue weighted by Gasteiger charge is -2.21. The van der Waals surface area contributed by atoms with Crippen molar-refractivity contribution in [3.63, 3.8) is 0 Å². The van der Waals surface area contributed by atoms with Crippen molar-refractivity contribution < 1.29 is 9.59 Å². The van der Waals surface area contributed by atoms with E-state index in [-0.39, 0.29) is 24.2 Å². The largest absolute Gasteiger partial charge is 0.340 e. The Hall–Kier alpha value is -2.76. The quantitative estimate of drug-likeness (QED) is 0.826. The molecule has 0 spiro atoms. The van der Waals surface area contributed by atoms with Crippen LogP contribution in [0.25, 0.3) is 0 Å². The smallest absolute Gasteiger partial charge is 0.228 e. The van der Waals surface area contributed by atoms with Crippen molar-refractivity contribution in [2.75, 3.05) is 13.6 Å². The molecule has 0 unspecified atom stereocenters. The van der Waals surface area contributed by atoms with Crippen molar-refractivity contribution in [1.29, 1.82) is 0 Å². The second kappa shape index (κ2) is 7.64. The zero-order valence-electron chi connectivity index (χ0n) is 15.5. The molecule has 2 aromatic rings. The molecule has 0 aliphatic carbocycles. The van der Waals surface area contributed by atoms with Gasteiger partial charge >= 0.3 is 0 Å². The molecule has 1 saturated heterocycles. The van der Waals surface area contributed by atoms with Crippen LogP contribution in [0.2, 0.25) is 0 Å². The molecule has 6 heteroatoms. The number of hydrogen-bond donors (Lipinski definition) is 0. The molecule has 136 valence electrons. The van der Waals surface area contributed by atoms with Gasteiger partial charge in [-0.3, -0.25) is 19.6 Å². The summed E-state index contributed by atoms with van der Waals surface area (Å²) in [6, 6.07) is 7.79. The van der Waals surface area contributed by atoms with Gasteiger partial charge in [-0.25, -0.2) is 0 Å². The maximum Gasteiger partial charge on any atom is 0.228 e. The van der Waals surface area contributed by atoms with Crippen LogP contribution in [0.3, 0.4) is 0 Å². The van der Waals surface area contributed by atoms with Gasteiger partial charge in [0, 0.05) is 44.6 Å². The van der Waals surface area contributed by atoms with Crippen molar-refractivity contribution in [1.82, 2.24) is 19.8 Å². The lowest BCUT2D eigenvalue weighted by molar-refractivity contribution is -0.135. The third kappa shape index (κ3) is 4.25. The highest BCUT2D eigenvalue weighted by Gasteiger charge is 2.35. The van der Waals surface area contributed by atoms with Gasteiger partial charge in [-0.2, -0.15) is 0 Å². The second-order valence-corrected chi connectivity index (χ2v) is 7.01. The van der Waals surface area contributed by atoms with Crippen LogP contribution >= 0.6 is 0 Å². The predicted octanol–water partition coefficient (Wildman–Crippen LogP) is 2.10. The Morgan fingerprint density at radius 3 is 2.85 bits per heavy atom. The molecule has 0 bridgehead atoms. The lowest BCUT2D eigenvalue weighted by Crippen LogP contribution is -2.34. The number of aryl methyl sites for hydroxylation is 2. The number of pyridine rings is 2. The summed E-state index contributed by atoms with van der Waals surface area (Å²) in [5.41, 5.74) is 3.92. The van der Waals surface area contributed by atoms with Crippen molar-refractivity contribution in [2.24, 2.45) is 5.92 Å². The number of carbonyl (C=O) groups excluding carboxylic acids is 2. The first kappa shape index (κ1) is 18.0. The van der Waals surface area contributed by atoms with Crippen LogP contribution < -0.4 is 0 Å². The van der Waals surface area contributed by atoms with Crippen molar-refractivity contribution in [2.45, 2.75) is 33.4 Å². The van der Waals surface area contributed by atoms with Crippen molar-refractivity contribution >= 4 is 11.8 Å². The molecule has 0 aromatic carbocycles. The second-order valence-electron chi connectivity index (χ2n) is 7.01. The average molecular weight is 352 g/mol. The van der Waals surface area contributed by atoms with E-state index in [1.807, 2.05) is 38.1 Å². The number of nitrogens with zero attached hydrogens (tertiary/aromatic N) is 4. The number of aromatic nitrogens is 2. The molecule has 3 rings (SSSR count). The van der Waals surface area contributed by atoms with Crippen LogP contribution in [-0.2, 0) is 22.7 Å². The first-order valence-electron chi connectivity index (χ1n) is 8.78. The Morgan fingerprint density at radius 1 is 1.35 bits per heavy atom. The lowest BCUT2D eigenvalue weighted by atomic mass is 10.1. The van der Waals surface area contributed by atoms with Gasteiger partial charge in [-0.1, -0.05) is 6.07 Å². The zero-order chi connectivity index (χ0) is 18.7. The molecule has 6 nitrogen and oxygen atoms in total. The molecule has 2 amide bonds. The van der Waals surface area contributed by atoms with E-state index in [1.165, 1.54) is 0 Å². The predicted molar refractivity (Wildman–Crippen MR) is 97.9 cm³/mol. The van der Waals surface area contributed by atoms with E-state index in [4.69, 9.17) is 0 Å². The van der Waals surface area contributed by atoms with E-state index in [0.717, 1.165) is 22.5 Å². The van der Waals surface area contributed by atoms with E-state index in [1.54, 1.807) is 29.2 Å². The van der Waals surface area contributed by atoms with Crippen LogP contribution in [0.1, 0.15) is 28.9 Å². The third-order valence-corrected chi connectivity index (χ3v) is 4.59. The summed E-state index contributed by atoms with van der Waals surface area (Å²) in [5.74, 6) is -0.284. The fourth-order valence-electron chi connectivity index (χ4n) is 3.44. The van der Waals surface area contributed by atoms with Crippen LogP contribution in [-0.4, -0.2) is 45.2 Å². The number of carbonyl (C=O) groups is 2. The number of rotatable bonds is 5. The summed E-state index contributed by atoms with van der Waals surface area (Å²) in [6.45, 7) is 5.38. The molecule has 0 saturated carbocycles. The number of likely N-dealkylation sites (tertiary alicyclic amines) is 1. The molecule has 0 N–H and O–H groups in total. The number of hydrogen-bond acceptors (Lipinski definition) is 4. The standard InChI is InChI=1S/C20H24N4O2/c1-14-7-15(2)22-18(8-14)13-23(3)20(26)17-9-19(25)24(12-17)11-16-5-4-6-21-10-16/h4-8,10,17H,9,11-13H2,1-3H3/t17-/m0/s1. The molecule has 3 heterocycles. The first-order chi connectivity index (χ1) is 12.4. The Morgan fingerprint density at radius 2 is 2.15 bits per heavy atom. The summed E-state index contributed by atoms with van der Waals surface area (Å²) in [5, 5.41) is 0. The minimum atomic E-state index is -0.296. The van der Waals surface area contributed by atoms with Gasteiger partial charge in [-0.05, 0) is 43.2 Å². The maximum absolute atomic E-state index is 12.8. The Labute approximate surface area is 153 Å². The third-order valence-electron chi connectivity index (χ3n) is 4.59. The van der Waals surface area contributed by atoms with Gasteiger partial charge in [0.05, 0.1) is 18.2 Å². The minimum absolute atomic E-state index is 0.00649. The fourth-order valence-corrected chi connectivity index (χ4v) is 3.44. The summed E-state index contributed by atoms with van der Waals surface area (Å²) in [4.78, 5) is 37.0. The van der Waals surface area contributed by atoms with E-state index < -0.39 is 0 Å². The van der Waals surface area contributed by atoms with Crippen LogP contribution in [0.4, 0.5) is 0 Å². The zero-order valence-corrected chi connectivity index (χ0v) is 15.5. The summed E-state index contributed by atoms with van der Waals surface area (Å²) < 4.78 is 0. The van der Waals surface area contributed by atoms with Crippen LogP contribution in [0.15, 0.2) is 36.7 Å². The molecule has 2 aromatic heterocycles.